The topological polar surface area (TPSA) is 96.9 Å². The second-order valence-corrected chi connectivity index (χ2v) is 6.88. The third-order valence-corrected chi connectivity index (χ3v) is 4.37. The van der Waals surface area contributed by atoms with Gasteiger partial charge in [-0.3, -0.25) is 9.59 Å². The van der Waals surface area contributed by atoms with Gasteiger partial charge in [0.1, 0.15) is 11.8 Å². The zero-order valence-electron chi connectivity index (χ0n) is 17.2. The summed E-state index contributed by atoms with van der Waals surface area (Å²) < 4.78 is 10.5. The normalized spacial score (nSPS) is 11.6. The molecule has 0 aromatic heterocycles. The molecule has 156 valence electrons. The molecule has 0 heterocycles. The molecule has 0 saturated carbocycles. The number of phenols is 1. The predicted octanol–water partition coefficient (Wildman–Crippen LogP) is 2.87. The lowest BCUT2D eigenvalue weighted by Gasteiger charge is -2.22. The van der Waals surface area contributed by atoms with Crippen molar-refractivity contribution in [3.05, 3.63) is 53.6 Å². The van der Waals surface area contributed by atoms with Crippen molar-refractivity contribution < 1.29 is 24.2 Å². The number of hydrogen-bond acceptors (Lipinski definition) is 5. The van der Waals surface area contributed by atoms with Crippen LogP contribution in [0.2, 0.25) is 0 Å². The summed E-state index contributed by atoms with van der Waals surface area (Å²) in [4.78, 5) is 25.2. The van der Waals surface area contributed by atoms with Crippen molar-refractivity contribution in [1.29, 1.82) is 0 Å². The van der Waals surface area contributed by atoms with E-state index in [9.17, 15) is 14.7 Å². The highest BCUT2D eigenvalue weighted by Gasteiger charge is 2.24. The lowest BCUT2D eigenvalue weighted by molar-refractivity contribution is -0.124. The Hall–Kier alpha value is -3.22. The Morgan fingerprint density at radius 3 is 2.38 bits per heavy atom. The Morgan fingerprint density at radius 1 is 1.10 bits per heavy atom. The molecule has 2 rings (SSSR count). The summed E-state index contributed by atoms with van der Waals surface area (Å²) in [6.07, 6.45) is 0. The Labute approximate surface area is 171 Å². The first kappa shape index (κ1) is 22.1. The lowest BCUT2D eigenvalue weighted by Crippen LogP contribution is -2.49. The zero-order valence-corrected chi connectivity index (χ0v) is 17.2. The average Bonchev–Trinajstić information content (AvgIpc) is 2.71. The summed E-state index contributed by atoms with van der Waals surface area (Å²) in [7, 11) is 1.46. The number of hydrogen-bond donors (Lipinski definition) is 3. The molecule has 3 N–H and O–H groups in total. The van der Waals surface area contributed by atoms with Crippen LogP contribution >= 0.6 is 0 Å². The number of amides is 2. The number of aromatic hydroxyl groups is 1. The number of benzene rings is 2. The van der Waals surface area contributed by atoms with Crippen LogP contribution in [0.4, 0.5) is 0 Å². The van der Waals surface area contributed by atoms with Gasteiger partial charge >= 0.3 is 0 Å². The summed E-state index contributed by atoms with van der Waals surface area (Å²) in [6.45, 7) is 6.42. The van der Waals surface area contributed by atoms with E-state index in [1.807, 2.05) is 20.8 Å². The predicted molar refractivity (Wildman–Crippen MR) is 110 cm³/mol. The minimum absolute atomic E-state index is 0.0326. The molecule has 0 bridgehead atoms. The second-order valence-electron chi connectivity index (χ2n) is 6.88. The van der Waals surface area contributed by atoms with E-state index in [1.165, 1.54) is 13.2 Å². The molecule has 0 aliphatic heterocycles. The van der Waals surface area contributed by atoms with Crippen LogP contribution in [0.1, 0.15) is 36.7 Å². The molecule has 2 aromatic rings. The van der Waals surface area contributed by atoms with Crippen LogP contribution in [0.3, 0.4) is 0 Å². The van der Waals surface area contributed by atoms with Gasteiger partial charge in [-0.25, -0.2) is 0 Å². The van der Waals surface area contributed by atoms with Crippen molar-refractivity contribution in [1.82, 2.24) is 10.6 Å². The highest BCUT2D eigenvalue weighted by molar-refractivity contribution is 5.97. The summed E-state index contributed by atoms with van der Waals surface area (Å²) in [5.74, 6) is 0.341. The monoisotopic (exact) mass is 400 g/mol. The lowest BCUT2D eigenvalue weighted by atomic mass is 10.0. The molecular formula is C22H28N2O5. The number of ether oxygens (including phenoxy) is 2. The zero-order chi connectivity index (χ0) is 21.4. The van der Waals surface area contributed by atoms with Gasteiger partial charge < -0.3 is 25.2 Å². The molecule has 0 radical (unpaired) electrons. The third-order valence-electron chi connectivity index (χ3n) is 4.37. The molecule has 7 heteroatoms. The summed E-state index contributed by atoms with van der Waals surface area (Å²) >= 11 is 0. The van der Waals surface area contributed by atoms with Crippen LogP contribution in [0.15, 0.2) is 42.5 Å². The smallest absolute Gasteiger partial charge is 0.251 e. The molecule has 0 fully saturated rings. The number of carbonyl (C=O) groups is 2. The van der Waals surface area contributed by atoms with Crippen LogP contribution in [0.25, 0.3) is 0 Å². The molecule has 0 aliphatic carbocycles. The van der Waals surface area contributed by atoms with Crippen LogP contribution in [0, 0.1) is 5.92 Å². The fourth-order valence-corrected chi connectivity index (χ4v) is 2.76. The SMILES string of the molecule is CCOc1ccc(C(=O)NC(C(=O)NCc2ccc(O)c(OC)c2)C(C)C)cc1. The maximum atomic E-state index is 12.7. The molecule has 29 heavy (non-hydrogen) atoms. The summed E-state index contributed by atoms with van der Waals surface area (Å²) in [6, 6.07) is 10.9. The molecule has 2 amide bonds. The van der Waals surface area contributed by atoms with Gasteiger partial charge in [0.15, 0.2) is 11.5 Å². The number of phenolic OH excluding ortho intramolecular Hbond substituents is 1. The van der Waals surface area contributed by atoms with Crippen molar-refractivity contribution in [2.45, 2.75) is 33.4 Å². The fourth-order valence-electron chi connectivity index (χ4n) is 2.76. The van der Waals surface area contributed by atoms with Crippen LogP contribution < -0.4 is 20.1 Å². The standard InChI is InChI=1S/C22H28N2O5/c1-5-29-17-9-7-16(8-10-17)21(26)24-20(14(2)3)22(27)23-13-15-6-11-18(25)19(12-15)28-4/h6-12,14,20,25H,5,13H2,1-4H3,(H,23,27)(H,24,26). The van der Waals surface area contributed by atoms with E-state index in [2.05, 4.69) is 10.6 Å². The number of nitrogens with one attached hydrogen (secondary N) is 2. The van der Waals surface area contributed by atoms with Crippen molar-refractivity contribution >= 4 is 11.8 Å². The first-order valence-corrected chi connectivity index (χ1v) is 9.53. The highest BCUT2D eigenvalue weighted by atomic mass is 16.5. The molecule has 1 unspecified atom stereocenters. The maximum Gasteiger partial charge on any atom is 0.251 e. The van der Waals surface area contributed by atoms with E-state index in [0.717, 1.165) is 5.56 Å². The van der Waals surface area contributed by atoms with Crippen molar-refractivity contribution in [2.24, 2.45) is 5.92 Å². The third kappa shape index (κ3) is 6.14. The van der Waals surface area contributed by atoms with E-state index in [0.29, 0.717) is 23.7 Å². The maximum absolute atomic E-state index is 12.7. The van der Waals surface area contributed by atoms with Gasteiger partial charge in [-0.2, -0.15) is 0 Å². The Bertz CT molecular complexity index is 834. The molecule has 0 saturated heterocycles. The van der Waals surface area contributed by atoms with E-state index in [4.69, 9.17) is 9.47 Å². The Morgan fingerprint density at radius 2 is 1.79 bits per heavy atom. The molecule has 7 nitrogen and oxygen atoms in total. The van der Waals surface area contributed by atoms with Gasteiger partial charge in [-0.15, -0.1) is 0 Å². The first-order chi connectivity index (χ1) is 13.8. The van der Waals surface area contributed by atoms with Crippen LogP contribution in [-0.4, -0.2) is 36.7 Å². The van der Waals surface area contributed by atoms with Crippen molar-refractivity contribution in [2.75, 3.05) is 13.7 Å². The summed E-state index contributed by atoms with van der Waals surface area (Å²) in [5.41, 5.74) is 1.23. The van der Waals surface area contributed by atoms with Gasteiger partial charge in [0, 0.05) is 12.1 Å². The van der Waals surface area contributed by atoms with Gasteiger partial charge in [0.2, 0.25) is 5.91 Å². The van der Waals surface area contributed by atoms with Gasteiger partial charge in [-0.1, -0.05) is 19.9 Å². The van der Waals surface area contributed by atoms with Gasteiger partial charge in [0.25, 0.3) is 5.91 Å². The van der Waals surface area contributed by atoms with E-state index >= 15 is 0 Å². The minimum Gasteiger partial charge on any atom is -0.504 e. The quantitative estimate of drug-likeness (QED) is 0.601. The van der Waals surface area contributed by atoms with E-state index < -0.39 is 6.04 Å². The number of carbonyl (C=O) groups excluding carboxylic acids is 2. The van der Waals surface area contributed by atoms with Crippen molar-refractivity contribution in [3.8, 4) is 17.2 Å². The molecule has 0 spiro atoms. The van der Waals surface area contributed by atoms with Crippen LogP contribution in [0.5, 0.6) is 17.2 Å². The van der Waals surface area contributed by atoms with Gasteiger partial charge in [-0.05, 0) is 54.8 Å². The Kier molecular flexibility index (Phi) is 7.88. The molecule has 0 aliphatic rings. The minimum atomic E-state index is -0.687. The molecular weight excluding hydrogens is 372 g/mol. The van der Waals surface area contributed by atoms with E-state index in [1.54, 1.807) is 36.4 Å². The number of methoxy groups -OCH3 is 1. The average molecular weight is 400 g/mol. The van der Waals surface area contributed by atoms with E-state index in [-0.39, 0.29) is 30.0 Å². The Balaban J connectivity index is 2.00. The molecule has 2 aromatic carbocycles. The molecule has 1 atom stereocenters. The largest absolute Gasteiger partial charge is 0.504 e. The van der Waals surface area contributed by atoms with Crippen molar-refractivity contribution in [3.63, 3.8) is 0 Å². The number of rotatable bonds is 9. The van der Waals surface area contributed by atoms with Gasteiger partial charge in [0.05, 0.1) is 13.7 Å². The van der Waals surface area contributed by atoms with Crippen LogP contribution in [-0.2, 0) is 11.3 Å². The fraction of sp³-hybridized carbons (Fsp3) is 0.364. The second kappa shape index (κ2) is 10.4. The summed E-state index contributed by atoms with van der Waals surface area (Å²) in [5, 5.41) is 15.3. The highest BCUT2D eigenvalue weighted by Crippen LogP contribution is 2.26. The first-order valence-electron chi connectivity index (χ1n) is 9.53.